The van der Waals surface area contributed by atoms with Gasteiger partial charge in [-0.15, -0.1) is 0 Å². The van der Waals surface area contributed by atoms with Crippen molar-refractivity contribution in [3.63, 3.8) is 0 Å². The number of nitrogens with zero attached hydrogens (tertiary/aromatic N) is 2. The lowest BCUT2D eigenvalue weighted by atomic mass is 10.1. The lowest BCUT2D eigenvalue weighted by molar-refractivity contribution is 0.628. The highest BCUT2D eigenvalue weighted by molar-refractivity contribution is 6.31. The zero-order valence-electron chi connectivity index (χ0n) is 15.8. The molecule has 142 valence electrons. The molecule has 0 saturated heterocycles. The molecule has 3 nitrogen and oxygen atoms in total. The van der Waals surface area contributed by atoms with Crippen LogP contribution in [0.4, 0.5) is 10.1 Å². The molecular formula is C23H21ClFN3. The van der Waals surface area contributed by atoms with Crippen molar-refractivity contribution in [3.8, 4) is 0 Å². The van der Waals surface area contributed by atoms with Crippen LogP contribution >= 0.6 is 11.6 Å². The quantitative estimate of drug-likeness (QED) is 0.443. The van der Waals surface area contributed by atoms with E-state index in [1.165, 1.54) is 28.8 Å². The van der Waals surface area contributed by atoms with E-state index in [1.54, 1.807) is 12.1 Å². The lowest BCUT2D eigenvalue weighted by Gasteiger charge is -2.13. The third-order valence-corrected chi connectivity index (χ3v) is 5.58. The molecular weight excluding hydrogens is 373 g/mol. The largest absolute Gasteiger partial charge is 0.379 e. The van der Waals surface area contributed by atoms with E-state index in [-0.39, 0.29) is 5.82 Å². The van der Waals surface area contributed by atoms with Crippen molar-refractivity contribution in [1.29, 1.82) is 0 Å². The molecule has 0 aliphatic carbocycles. The van der Waals surface area contributed by atoms with Crippen molar-refractivity contribution in [3.05, 3.63) is 94.1 Å². The van der Waals surface area contributed by atoms with Gasteiger partial charge in [-0.3, -0.25) is 4.98 Å². The molecule has 0 amide bonds. The summed E-state index contributed by atoms with van der Waals surface area (Å²) in [5.41, 5.74) is 6.43. The molecule has 0 atom stereocenters. The molecule has 2 aromatic heterocycles. The Labute approximate surface area is 168 Å². The van der Waals surface area contributed by atoms with Crippen LogP contribution in [0, 0.1) is 19.7 Å². The molecule has 0 radical (unpaired) electrons. The van der Waals surface area contributed by atoms with E-state index < -0.39 is 0 Å². The topological polar surface area (TPSA) is 29.9 Å². The van der Waals surface area contributed by atoms with Crippen molar-refractivity contribution in [2.24, 2.45) is 0 Å². The van der Waals surface area contributed by atoms with Crippen molar-refractivity contribution in [2.75, 3.05) is 5.32 Å². The van der Waals surface area contributed by atoms with E-state index in [0.29, 0.717) is 13.1 Å². The summed E-state index contributed by atoms with van der Waals surface area (Å²) in [6.45, 7) is 5.50. The Morgan fingerprint density at radius 1 is 1.04 bits per heavy atom. The first kappa shape index (κ1) is 18.5. The van der Waals surface area contributed by atoms with Crippen molar-refractivity contribution in [2.45, 2.75) is 26.9 Å². The molecule has 4 rings (SSSR count). The number of pyridine rings is 1. The summed E-state index contributed by atoms with van der Waals surface area (Å²) in [7, 11) is 0. The molecule has 4 aromatic rings. The number of hydrogen-bond acceptors (Lipinski definition) is 2. The maximum atomic E-state index is 13.1. The lowest BCUT2D eigenvalue weighted by Crippen LogP contribution is -2.08. The summed E-state index contributed by atoms with van der Waals surface area (Å²) in [5, 5.41) is 5.29. The number of anilines is 1. The van der Waals surface area contributed by atoms with Gasteiger partial charge >= 0.3 is 0 Å². The number of halogens is 2. The standard InChI is InChI=1S/C23H21ClFN3/c1-15-16(2)28(14-17-5-3-4-6-21(17)24)23-20(15)11-12-26-22(23)13-27-19-9-7-18(25)8-10-19/h3-12,27H,13-14H2,1-2H3. The fourth-order valence-corrected chi connectivity index (χ4v) is 3.74. The molecule has 0 spiro atoms. The Morgan fingerprint density at radius 2 is 1.79 bits per heavy atom. The smallest absolute Gasteiger partial charge is 0.123 e. The Bertz CT molecular complexity index is 1130. The van der Waals surface area contributed by atoms with Gasteiger partial charge in [-0.05, 0) is 61.4 Å². The van der Waals surface area contributed by atoms with E-state index in [2.05, 4.69) is 40.8 Å². The Kier molecular flexibility index (Phi) is 5.05. The predicted molar refractivity (Wildman–Crippen MR) is 113 cm³/mol. The summed E-state index contributed by atoms with van der Waals surface area (Å²) in [5.74, 6) is -0.245. The van der Waals surface area contributed by atoms with Crippen molar-refractivity contribution < 1.29 is 4.39 Å². The van der Waals surface area contributed by atoms with Gasteiger partial charge in [0.1, 0.15) is 5.82 Å². The number of rotatable bonds is 5. The highest BCUT2D eigenvalue weighted by Gasteiger charge is 2.16. The normalized spacial score (nSPS) is 11.1. The van der Waals surface area contributed by atoms with Gasteiger partial charge in [-0.1, -0.05) is 29.8 Å². The van der Waals surface area contributed by atoms with Gasteiger partial charge in [0.15, 0.2) is 0 Å². The fourth-order valence-electron chi connectivity index (χ4n) is 3.54. The van der Waals surface area contributed by atoms with Crippen LogP contribution in [0.15, 0.2) is 60.8 Å². The number of aromatic nitrogens is 2. The van der Waals surface area contributed by atoms with Crippen LogP contribution < -0.4 is 5.32 Å². The molecule has 0 fully saturated rings. The van der Waals surface area contributed by atoms with Gasteiger partial charge in [-0.25, -0.2) is 4.39 Å². The van der Waals surface area contributed by atoms with Crippen molar-refractivity contribution in [1.82, 2.24) is 9.55 Å². The summed E-state index contributed by atoms with van der Waals surface area (Å²) < 4.78 is 15.4. The minimum atomic E-state index is -0.245. The van der Waals surface area contributed by atoms with Gasteiger partial charge in [0.2, 0.25) is 0 Å². The van der Waals surface area contributed by atoms with Crippen LogP contribution in [0.5, 0.6) is 0 Å². The molecule has 2 heterocycles. The Balaban J connectivity index is 1.74. The second-order valence-corrected chi connectivity index (χ2v) is 7.31. The van der Waals surface area contributed by atoms with Gasteiger partial charge in [0.05, 0.1) is 17.8 Å². The summed E-state index contributed by atoms with van der Waals surface area (Å²) in [6.07, 6.45) is 1.84. The van der Waals surface area contributed by atoms with Gasteiger partial charge in [0.25, 0.3) is 0 Å². The van der Waals surface area contributed by atoms with Gasteiger partial charge in [-0.2, -0.15) is 0 Å². The monoisotopic (exact) mass is 393 g/mol. The van der Waals surface area contributed by atoms with Crippen LogP contribution in [0.1, 0.15) is 22.5 Å². The SMILES string of the molecule is Cc1c(C)n(Cc2ccccc2Cl)c2c(CNc3ccc(F)cc3)nccc12. The minimum Gasteiger partial charge on any atom is -0.379 e. The fraction of sp³-hybridized carbons (Fsp3) is 0.174. The third kappa shape index (κ3) is 3.48. The first-order chi connectivity index (χ1) is 13.5. The van der Waals surface area contributed by atoms with Gasteiger partial charge in [0, 0.05) is 34.5 Å². The van der Waals surface area contributed by atoms with E-state index in [4.69, 9.17) is 11.6 Å². The highest BCUT2D eigenvalue weighted by Crippen LogP contribution is 2.29. The molecule has 0 bridgehead atoms. The number of nitrogens with one attached hydrogen (secondary N) is 1. The van der Waals surface area contributed by atoms with Crippen molar-refractivity contribution >= 4 is 28.2 Å². The molecule has 0 unspecified atom stereocenters. The predicted octanol–water partition coefficient (Wildman–Crippen LogP) is 6.11. The maximum Gasteiger partial charge on any atom is 0.123 e. The zero-order valence-corrected chi connectivity index (χ0v) is 16.6. The van der Waals surface area contributed by atoms with Crippen LogP contribution in [-0.2, 0) is 13.1 Å². The first-order valence-electron chi connectivity index (χ1n) is 9.20. The number of fused-ring (bicyclic) bond motifs is 1. The molecule has 28 heavy (non-hydrogen) atoms. The highest BCUT2D eigenvalue weighted by atomic mass is 35.5. The summed E-state index contributed by atoms with van der Waals surface area (Å²) in [4.78, 5) is 4.63. The number of hydrogen-bond donors (Lipinski definition) is 1. The Hall–Kier alpha value is -2.85. The molecule has 2 aromatic carbocycles. The molecule has 5 heteroatoms. The maximum absolute atomic E-state index is 13.1. The average Bonchev–Trinajstić information content (AvgIpc) is 2.95. The third-order valence-electron chi connectivity index (χ3n) is 5.21. The van der Waals surface area contributed by atoms with E-state index >= 15 is 0 Å². The molecule has 0 saturated carbocycles. The van der Waals surface area contributed by atoms with Crippen LogP contribution in [-0.4, -0.2) is 9.55 Å². The number of benzene rings is 2. The molecule has 0 aliphatic heterocycles. The van der Waals surface area contributed by atoms with Crippen LogP contribution in [0.25, 0.3) is 10.9 Å². The van der Waals surface area contributed by atoms with E-state index in [9.17, 15) is 4.39 Å². The molecule has 0 aliphatic rings. The second-order valence-electron chi connectivity index (χ2n) is 6.90. The zero-order chi connectivity index (χ0) is 19.7. The second kappa shape index (κ2) is 7.64. The molecule has 1 N–H and O–H groups in total. The van der Waals surface area contributed by atoms with Gasteiger partial charge < -0.3 is 9.88 Å². The Morgan fingerprint density at radius 3 is 2.54 bits per heavy atom. The van der Waals surface area contributed by atoms with E-state index in [1.807, 2.05) is 24.4 Å². The number of aryl methyl sites for hydroxylation is 1. The van der Waals surface area contributed by atoms with E-state index in [0.717, 1.165) is 27.5 Å². The van der Waals surface area contributed by atoms with Crippen LogP contribution in [0.3, 0.4) is 0 Å². The summed E-state index contributed by atoms with van der Waals surface area (Å²) >= 11 is 6.41. The van der Waals surface area contributed by atoms with Crippen LogP contribution in [0.2, 0.25) is 5.02 Å². The summed E-state index contributed by atoms with van der Waals surface area (Å²) in [6, 6.07) is 16.3. The first-order valence-corrected chi connectivity index (χ1v) is 9.58. The minimum absolute atomic E-state index is 0.245. The average molecular weight is 394 g/mol.